The maximum absolute atomic E-state index is 6.02. The van der Waals surface area contributed by atoms with Crippen LogP contribution in [0.3, 0.4) is 0 Å². The van der Waals surface area contributed by atoms with E-state index in [0.717, 1.165) is 22.3 Å². The normalized spacial score (nSPS) is 10.9. The summed E-state index contributed by atoms with van der Waals surface area (Å²) in [5.74, 6) is 0.913. The smallest absolute Gasteiger partial charge is 0.136 e. The van der Waals surface area contributed by atoms with Gasteiger partial charge in [-0.25, -0.2) is 0 Å². The zero-order chi connectivity index (χ0) is 14.1. The molecule has 100 valence electrons. The van der Waals surface area contributed by atoms with Crippen molar-refractivity contribution in [1.29, 1.82) is 0 Å². The average molecular weight is 270 g/mol. The summed E-state index contributed by atoms with van der Waals surface area (Å²) in [4.78, 5) is 0. The molecule has 0 radical (unpaired) electrons. The first kappa shape index (κ1) is 12.0. The van der Waals surface area contributed by atoms with Crippen LogP contribution in [0, 0.1) is 0 Å². The van der Waals surface area contributed by atoms with Crippen molar-refractivity contribution in [3.63, 3.8) is 0 Å². The Labute approximate surface area is 123 Å². The van der Waals surface area contributed by atoms with Gasteiger partial charge in [-0.1, -0.05) is 72.8 Å². The summed E-state index contributed by atoms with van der Waals surface area (Å²) in [6.07, 6.45) is 0. The van der Waals surface area contributed by atoms with E-state index in [4.69, 9.17) is 4.42 Å². The molecule has 1 nitrogen and oxygen atoms in total. The summed E-state index contributed by atoms with van der Waals surface area (Å²) in [7, 11) is 0. The van der Waals surface area contributed by atoms with E-state index in [1.165, 1.54) is 11.1 Å². The molecule has 0 aliphatic rings. The first-order chi connectivity index (χ1) is 10.4. The fourth-order valence-electron chi connectivity index (χ4n) is 2.68. The lowest BCUT2D eigenvalue weighted by molar-refractivity contribution is 0.632. The summed E-state index contributed by atoms with van der Waals surface area (Å²) in [6.45, 7) is 0. The lowest BCUT2D eigenvalue weighted by atomic mass is 9.98. The third-order valence-electron chi connectivity index (χ3n) is 3.70. The Balaban J connectivity index is 1.93. The highest BCUT2D eigenvalue weighted by Gasteiger charge is 2.11. The molecule has 0 amide bonds. The highest BCUT2D eigenvalue weighted by molar-refractivity contribution is 5.88. The summed E-state index contributed by atoms with van der Waals surface area (Å²) in [6, 6.07) is 29.0. The molecule has 0 fully saturated rings. The topological polar surface area (TPSA) is 13.1 Å². The van der Waals surface area contributed by atoms with Crippen molar-refractivity contribution in [3.05, 3.63) is 84.9 Å². The number of hydrogen-bond donors (Lipinski definition) is 0. The molecule has 0 unspecified atom stereocenters. The molecule has 4 rings (SSSR count). The predicted octanol–water partition coefficient (Wildman–Crippen LogP) is 5.77. The first-order valence-corrected chi connectivity index (χ1v) is 7.05. The van der Waals surface area contributed by atoms with Gasteiger partial charge in [-0.15, -0.1) is 0 Å². The van der Waals surface area contributed by atoms with Gasteiger partial charge >= 0.3 is 0 Å². The van der Waals surface area contributed by atoms with Crippen molar-refractivity contribution in [2.24, 2.45) is 0 Å². The molecule has 1 aromatic heterocycles. The van der Waals surface area contributed by atoms with Crippen molar-refractivity contribution in [2.45, 2.75) is 0 Å². The fourth-order valence-corrected chi connectivity index (χ4v) is 2.68. The summed E-state index contributed by atoms with van der Waals surface area (Å²) >= 11 is 0. The number of para-hydroxylation sites is 1. The zero-order valence-corrected chi connectivity index (χ0v) is 11.5. The first-order valence-electron chi connectivity index (χ1n) is 7.05. The van der Waals surface area contributed by atoms with E-state index in [2.05, 4.69) is 60.7 Å². The molecule has 1 heteroatoms. The number of hydrogen-bond acceptors (Lipinski definition) is 1. The molecule has 1 heterocycles. The summed E-state index contributed by atoms with van der Waals surface area (Å²) < 4.78 is 6.02. The zero-order valence-electron chi connectivity index (χ0n) is 11.5. The van der Waals surface area contributed by atoms with Gasteiger partial charge in [-0.05, 0) is 23.3 Å². The number of benzene rings is 3. The van der Waals surface area contributed by atoms with Crippen LogP contribution in [0.4, 0.5) is 0 Å². The van der Waals surface area contributed by atoms with Gasteiger partial charge in [0.25, 0.3) is 0 Å². The van der Waals surface area contributed by atoms with Gasteiger partial charge < -0.3 is 4.42 Å². The average Bonchev–Trinajstić information content (AvgIpc) is 2.99. The lowest BCUT2D eigenvalue weighted by Gasteiger charge is -2.07. The highest BCUT2D eigenvalue weighted by Crippen LogP contribution is 2.34. The molecule has 0 aliphatic heterocycles. The Hall–Kier alpha value is -2.80. The molecule has 0 aliphatic carbocycles. The Morgan fingerprint density at radius 2 is 1.24 bits per heavy atom. The Morgan fingerprint density at radius 1 is 0.571 bits per heavy atom. The van der Waals surface area contributed by atoms with Crippen LogP contribution in [-0.2, 0) is 0 Å². The van der Waals surface area contributed by atoms with Crippen molar-refractivity contribution < 1.29 is 4.42 Å². The largest absolute Gasteiger partial charge is 0.456 e. The molecule has 0 spiro atoms. The predicted molar refractivity (Wildman–Crippen MR) is 87.1 cm³/mol. The van der Waals surface area contributed by atoms with E-state index in [1.807, 2.05) is 24.3 Å². The summed E-state index contributed by atoms with van der Waals surface area (Å²) in [5, 5.41) is 1.13. The molecule has 3 aromatic carbocycles. The van der Waals surface area contributed by atoms with Gasteiger partial charge in [-0.2, -0.15) is 0 Å². The number of furan rings is 1. The molecular formula is C20H14O. The van der Waals surface area contributed by atoms with Crippen LogP contribution in [0.25, 0.3) is 33.4 Å². The van der Waals surface area contributed by atoms with Gasteiger partial charge in [-0.3, -0.25) is 0 Å². The van der Waals surface area contributed by atoms with Gasteiger partial charge in [0, 0.05) is 10.9 Å². The van der Waals surface area contributed by atoms with Crippen molar-refractivity contribution >= 4 is 11.0 Å². The molecule has 4 aromatic rings. The molecule has 0 atom stereocenters. The SMILES string of the molecule is c1ccc(-c2ccccc2-c2cc3ccccc3o2)cc1. The van der Waals surface area contributed by atoms with Crippen molar-refractivity contribution in [3.8, 4) is 22.5 Å². The molecule has 0 bridgehead atoms. The van der Waals surface area contributed by atoms with Crippen molar-refractivity contribution in [1.82, 2.24) is 0 Å². The van der Waals surface area contributed by atoms with E-state index in [9.17, 15) is 0 Å². The van der Waals surface area contributed by atoms with E-state index >= 15 is 0 Å². The molecule has 0 N–H and O–H groups in total. The quantitative estimate of drug-likeness (QED) is 0.451. The van der Waals surface area contributed by atoms with Crippen LogP contribution in [0.1, 0.15) is 0 Å². The molecule has 0 saturated heterocycles. The minimum Gasteiger partial charge on any atom is -0.456 e. The lowest BCUT2D eigenvalue weighted by Crippen LogP contribution is -1.82. The minimum absolute atomic E-state index is 0.913. The Bertz CT molecular complexity index is 855. The molecular weight excluding hydrogens is 256 g/mol. The monoisotopic (exact) mass is 270 g/mol. The van der Waals surface area contributed by atoms with Crippen LogP contribution in [0.5, 0.6) is 0 Å². The van der Waals surface area contributed by atoms with E-state index < -0.39 is 0 Å². The maximum Gasteiger partial charge on any atom is 0.136 e. The van der Waals surface area contributed by atoms with Gasteiger partial charge in [0.15, 0.2) is 0 Å². The standard InChI is InChI=1S/C20H14O/c1-2-8-15(9-3-1)17-11-5-6-12-18(17)20-14-16-10-4-7-13-19(16)21-20/h1-14H. The van der Waals surface area contributed by atoms with Crippen LogP contribution >= 0.6 is 0 Å². The van der Waals surface area contributed by atoms with Gasteiger partial charge in [0.05, 0.1) is 0 Å². The summed E-state index contributed by atoms with van der Waals surface area (Å²) in [5.41, 5.74) is 4.45. The van der Waals surface area contributed by atoms with E-state index in [0.29, 0.717) is 0 Å². The van der Waals surface area contributed by atoms with Crippen LogP contribution in [0.2, 0.25) is 0 Å². The highest BCUT2D eigenvalue weighted by atomic mass is 16.3. The van der Waals surface area contributed by atoms with Gasteiger partial charge in [0.2, 0.25) is 0 Å². The van der Waals surface area contributed by atoms with Crippen LogP contribution in [0.15, 0.2) is 89.3 Å². The Kier molecular flexibility index (Phi) is 2.82. The van der Waals surface area contributed by atoms with E-state index in [-0.39, 0.29) is 0 Å². The van der Waals surface area contributed by atoms with Crippen LogP contribution < -0.4 is 0 Å². The second-order valence-electron chi connectivity index (χ2n) is 5.06. The number of fused-ring (bicyclic) bond motifs is 1. The van der Waals surface area contributed by atoms with Gasteiger partial charge in [0.1, 0.15) is 11.3 Å². The minimum atomic E-state index is 0.913. The maximum atomic E-state index is 6.02. The molecule has 0 saturated carbocycles. The van der Waals surface area contributed by atoms with Crippen molar-refractivity contribution in [2.75, 3.05) is 0 Å². The van der Waals surface area contributed by atoms with E-state index in [1.54, 1.807) is 0 Å². The molecule has 21 heavy (non-hydrogen) atoms. The second kappa shape index (κ2) is 4.95. The fraction of sp³-hybridized carbons (Fsp3) is 0. The number of rotatable bonds is 2. The Morgan fingerprint density at radius 3 is 2.05 bits per heavy atom. The third-order valence-corrected chi connectivity index (χ3v) is 3.70. The third kappa shape index (κ3) is 2.13. The van der Waals surface area contributed by atoms with Crippen LogP contribution in [-0.4, -0.2) is 0 Å². The second-order valence-corrected chi connectivity index (χ2v) is 5.06.